The van der Waals surface area contributed by atoms with Gasteiger partial charge < -0.3 is 14.4 Å². The molecule has 1 aliphatic rings. The van der Waals surface area contributed by atoms with Crippen molar-refractivity contribution in [3.05, 3.63) is 23.2 Å². The van der Waals surface area contributed by atoms with E-state index >= 15 is 0 Å². The van der Waals surface area contributed by atoms with Gasteiger partial charge in [0.05, 0.1) is 0 Å². The van der Waals surface area contributed by atoms with Gasteiger partial charge in [0.2, 0.25) is 5.76 Å². The number of furan rings is 1. The molecule has 5 nitrogen and oxygen atoms in total. The predicted molar refractivity (Wildman–Crippen MR) is 67.8 cm³/mol. The number of likely N-dealkylation sites (N-methyl/N-ethyl adjacent to an activating group) is 1. The summed E-state index contributed by atoms with van der Waals surface area (Å²) in [5.74, 6) is -0.264. The van der Waals surface area contributed by atoms with Gasteiger partial charge in [0.25, 0.3) is 0 Å². The van der Waals surface area contributed by atoms with E-state index in [-0.39, 0.29) is 5.76 Å². The Labute approximate surface area is 107 Å². The predicted octanol–water partition coefficient (Wildman–Crippen LogP) is 1.42. The number of piperazine rings is 1. The molecule has 18 heavy (non-hydrogen) atoms. The van der Waals surface area contributed by atoms with Crippen molar-refractivity contribution in [1.82, 2.24) is 9.80 Å². The minimum absolute atomic E-state index is 0.0321. The fourth-order valence-electron chi connectivity index (χ4n) is 2.29. The topological polar surface area (TPSA) is 56.9 Å². The molecule has 100 valence electrons. The zero-order valence-electron chi connectivity index (χ0n) is 11.1. The molecule has 0 aromatic carbocycles. The van der Waals surface area contributed by atoms with Crippen LogP contribution in [-0.2, 0) is 6.54 Å². The van der Waals surface area contributed by atoms with Crippen molar-refractivity contribution in [3.63, 3.8) is 0 Å². The lowest BCUT2D eigenvalue weighted by Crippen LogP contribution is -2.49. The minimum atomic E-state index is -1.00. The number of aromatic carboxylic acids is 1. The highest BCUT2D eigenvalue weighted by Gasteiger charge is 2.22. The summed E-state index contributed by atoms with van der Waals surface area (Å²) in [4.78, 5) is 15.5. The number of carbonyl (C=O) groups is 1. The van der Waals surface area contributed by atoms with Crippen LogP contribution in [0.15, 0.2) is 10.5 Å². The quantitative estimate of drug-likeness (QED) is 0.881. The van der Waals surface area contributed by atoms with E-state index in [0.29, 0.717) is 11.8 Å². The van der Waals surface area contributed by atoms with Gasteiger partial charge in [-0.15, -0.1) is 0 Å². The summed E-state index contributed by atoms with van der Waals surface area (Å²) < 4.78 is 5.23. The van der Waals surface area contributed by atoms with E-state index < -0.39 is 5.97 Å². The summed E-state index contributed by atoms with van der Waals surface area (Å²) in [5.41, 5.74) is 0.976. The van der Waals surface area contributed by atoms with Crippen LogP contribution in [0, 0.1) is 6.92 Å². The molecular weight excluding hydrogens is 232 g/mol. The third kappa shape index (κ3) is 2.73. The van der Waals surface area contributed by atoms with Gasteiger partial charge in [-0.3, -0.25) is 4.90 Å². The van der Waals surface area contributed by atoms with Gasteiger partial charge in [0.15, 0.2) is 0 Å². The smallest absolute Gasteiger partial charge is 0.371 e. The molecule has 0 amide bonds. The zero-order chi connectivity index (χ0) is 13.3. The third-order valence-electron chi connectivity index (χ3n) is 3.67. The van der Waals surface area contributed by atoms with Crippen molar-refractivity contribution in [3.8, 4) is 0 Å². The summed E-state index contributed by atoms with van der Waals surface area (Å²) in [6.45, 7) is 7.85. The van der Waals surface area contributed by atoms with Gasteiger partial charge in [-0.25, -0.2) is 4.79 Å². The van der Waals surface area contributed by atoms with Crippen LogP contribution >= 0.6 is 0 Å². The second-order valence-electron chi connectivity index (χ2n) is 5.06. The Hall–Kier alpha value is -1.33. The van der Waals surface area contributed by atoms with Gasteiger partial charge in [-0.2, -0.15) is 0 Å². The maximum atomic E-state index is 10.8. The summed E-state index contributed by atoms with van der Waals surface area (Å²) in [5, 5.41) is 8.89. The number of nitrogens with zero attached hydrogens (tertiary/aromatic N) is 2. The first kappa shape index (κ1) is 13.1. The molecule has 0 bridgehead atoms. The van der Waals surface area contributed by atoms with E-state index in [2.05, 4.69) is 23.8 Å². The molecule has 0 spiro atoms. The maximum Gasteiger partial charge on any atom is 0.371 e. The molecule has 1 aliphatic heterocycles. The monoisotopic (exact) mass is 252 g/mol. The Morgan fingerprint density at radius 1 is 1.56 bits per heavy atom. The largest absolute Gasteiger partial charge is 0.475 e. The molecule has 1 aromatic heterocycles. The number of rotatable bonds is 3. The number of hydrogen-bond donors (Lipinski definition) is 1. The molecule has 5 heteroatoms. The molecule has 1 unspecified atom stereocenters. The van der Waals surface area contributed by atoms with Crippen LogP contribution in [0.25, 0.3) is 0 Å². The first-order valence-corrected chi connectivity index (χ1v) is 6.22. The van der Waals surface area contributed by atoms with Crippen LogP contribution in [-0.4, -0.2) is 53.6 Å². The van der Waals surface area contributed by atoms with E-state index in [1.54, 1.807) is 6.07 Å². The van der Waals surface area contributed by atoms with Crippen LogP contribution in [0.2, 0.25) is 0 Å². The SMILES string of the molecule is Cc1oc(C(=O)O)cc1CN1CCN(C)C(C)C1. The first-order chi connectivity index (χ1) is 8.47. The highest BCUT2D eigenvalue weighted by atomic mass is 16.4. The molecule has 1 N–H and O–H groups in total. The molecule has 1 saturated heterocycles. The summed E-state index contributed by atoms with van der Waals surface area (Å²) in [6, 6.07) is 2.17. The molecule has 0 saturated carbocycles. The Bertz CT molecular complexity index is 441. The number of carboxylic acids is 1. The van der Waals surface area contributed by atoms with Crippen LogP contribution in [0.5, 0.6) is 0 Å². The van der Waals surface area contributed by atoms with Gasteiger partial charge in [0, 0.05) is 37.8 Å². The van der Waals surface area contributed by atoms with Gasteiger partial charge in [-0.1, -0.05) is 0 Å². The van der Waals surface area contributed by atoms with Gasteiger partial charge >= 0.3 is 5.97 Å². The van der Waals surface area contributed by atoms with Crippen LogP contribution in [0.4, 0.5) is 0 Å². The van der Waals surface area contributed by atoms with Crippen LogP contribution < -0.4 is 0 Å². The minimum Gasteiger partial charge on any atom is -0.475 e. The summed E-state index contributed by atoms with van der Waals surface area (Å²) >= 11 is 0. The van der Waals surface area contributed by atoms with E-state index in [1.165, 1.54) is 0 Å². The van der Waals surface area contributed by atoms with Crippen LogP contribution in [0.1, 0.15) is 28.8 Å². The standard InChI is InChI=1S/C13H20N2O3/c1-9-7-15(5-4-14(9)3)8-11-6-12(13(16)17)18-10(11)2/h6,9H,4-5,7-8H2,1-3H3,(H,16,17). The molecule has 2 heterocycles. The molecule has 1 fully saturated rings. The van der Waals surface area contributed by atoms with Crippen molar-refractivity contribution in [2.24, 2.45) is 0 Å². The number of carboxylic acid groups (broad SMARTS) is 1. The van der Waals surface area contributed by atoms with Crippen LogP contribution in [0.3, 0.4) is 0 Å². The van der Waals surface area contributed by atoms with E-state index in [9.17, 15) is 4.79 Å². The highest BCUT2D eigenvalue weighted by Crippen LogP contribution is 2.18. The number of aryl methyl sites for hydroxylation is 1. The third-order valence-corrected chi connectivity index (χ3v) is 3.67. The van der Waals surface area contributed by atoms with Crippen molar-refractivity contribution < 1.29 is 14.3 Å². The lowest BCUT2D eigenvalue weighted by atomic mass is 10.1. The molecule has 1 aromatic rings. The van der Waals surface area contributed by atoms with Gasteiger partial charge in [0.1, 0.15) is 5.76 Å². The maximum absolute atomic E-state index is 10.8. The summed E-state index contributed by atoms with van der Waals surface area (Å²) in [6.07, 6.45) is 0. The molecule has 0 aliphatic carbocycles. The Morgan fingerprint density at radius 3 is 2.83 bits per heavy atom. The second kappa shape index (κ2) is 5.12. The Kier molecular flexibility index (Phi) is 3.73. The fourth-order valence-corrected chi connectivity index (χ4v) is 2.29. The molecule has 0 radical (unpaired) electrons. The average Bonchev–Trinajstić information content (AvgIpc) is 2.66. The first-order valence-electron chi connectivity index (χ1n) is 6.22. The van der Waals surface area contributed by atoms with E-state index in [4.69, 9.17) is 9.52 Å². The fraction of sp³-hybridized carbons (Fsp3) is 0.615. The normalized spacial score (nSPS) is 22.3. The zero-order valence-corrected chi connectivity index (χ0v) is 11.1. The summed E-state index contributed by atoms with van der Waals surface area (Å²) in [7, 11) is 2.13. The van der Waals surface area contributed by atoms with Crippen molar-refractivity contribution in [2.45, 2.75) is 26.4 Å². The Balaban J connectivity index is 2.03. The van der Waals surface area contributed by atoms with Crippen molar-refractivity contribution in [1.29, 1.82) is 0 Å². The average molecular weight is 252 g/mol. The molecular formula is C13H20N2O3. The van der Waals surface area contributed by atoms with Gasteiger partial charge in [-0.05, 0) is 27.0 Å². The second-order valence-corrected chi connectivity index (χ2v) is 5.06. The molecule has 2 rings (SSSR count). The van der Waals surface area contributed by atoms with E-state index in [1.807, 2.05) is 6.92 Å². The Morgan fingerprint density at radius 2 is 2.28 bits per heavy atom. The van der Waals surface area contributed by atoms with E-state index in [0.717, 1.165) is 31.7 Å². The van der Waals surface area contributed by atoms with Crippen molar-refractivity contribution >= 4 is 5.97 Å². The highest BCUT2D eigenvalue weighted by molar-refractivity contribution is 5.84. The lowest BCUT2D eigenvalue weighted by molar-refractivity contribution is 0.0661. The number of hydrogen-bond acceptors (Lipinski definition) is 4. The lowest BCUT2D eigenvalue weighted by Gasteiger charge is -2.37. The molecule has 1 atom stereocenters. The van der Waals surface area contributed by atoms with Crippen molar-refractivity contribution in [2.75, 3.05) is 26.7 Å².